The van der Waals surface area contributed by atoms with Gasteiger partial charge in [-0.2, -0.15) is 0 Å². The van der Waals surface area contributed by atoms with Gasteiger partial charge in [-0.05, 0) is 45.0 Å². The molecule has 0 bridgehead atoms. The maximum atomic E-state index is 12.1. The molecule has 6 nitrogen and oxygen atoms in total. The summed E-state index contributed by atoms with van der Waals surface area (Å²) in [5, 5.41) is 6.68. The van der Waals surface area contributed by atoms with Crippen molar-refractivity contribution in [3.05, 3.63) is 41.7 Å². The number of hydrogen-bond donors (Lipinski definition) is 1. The number of nitrogens with one attached hydrogen (secondary N) is 1. The molecule has 0 aromatic carbocycles. The van der Waals surface area contributed by atoms with Crippen molar-refractivity contribution in [1.82, 2.24) is 15.4 Å². The molecule has 0 spiro atoms. The average molecular weight is 303 g/mol. The maximum Gasteiger partial charge on any atom is 0.273 e. The van der Waals surface area contributed by atoms with Gasteiger partial charge < -0.3 is 14.3 Å². The lowest BCUT2D eigenvalue weighted by atomic mass is 10.1. The van der Waals surface area contributed by atoms with Gasteiger partial charge in [0.05, 0.1) is 12.3 Å². The van der Waals surface area contributed by atoms with E-state index in [2.05, 4.69) is 15.4 Å². The second-order valence-electron chi connectivity index (χ2n) is 5.66. The summed E-state index contributed by atoms with van der Waals surface area (Å²) in [6, 6.07) is 5.55. The quantitative estimate of drug-likeness (QED) is 0.919. The molecule has 2 aromatic rings. The van der Waals surface area contributed by atoms with Crippen LogP contribution in [0.3, 0.4) is 0 Å². The Morgan fingerprint density at radius 3 is 2.86 bits per heavy atom. The van der Waals surface area contributed by atoms with Crippen LogP contribution in [0.4, 0.5) is 0 Å². The van der Waals surface area contributed by atoms with Crippen molar-refractivity contribution >= 4 is 5.91 Å². The van der Waals surface area contributed by atoms with Crippen LogP contribution in [0, 0.1) is 6.92 Å². The Hall–Kier alpha value is -2.08. The topological polar surface area (TPSA) is 71.5 Å². The van der Waals surface area contributed by atoms with E-state index in [-0.39, 0.29) is 11.9 Å². The summed E-state index contributed by atoms with van der Waals surface area (Å²) in [6.45, 7) is 4.33. The number of carbonyl (C=O) groups excluding carboxylic acids is 1. The summed E-state index contributed by atoms with van der Waals surface area (Å²) in [6.07, 6.45) is 5.32. The Morgan fingerprint density at radius 2 is 2.23 bits per heavy atom. The van der Waals surface area contributed by atoms with Crippen LogP contribution < -0.4 is 5.32 Å². The molecular weight excluding hydrogens is 282 g/mol. The van der Waals surface area contributed by atoms with E-state index in [9.17, 15) is 4.79 Å². The number of nitrogens with zero attached hydrogens (tertiary/aromatic N) is 2. The van der Waals surface area contributed by atoms with Crippen molar-refractivity contribution in [2.75, 3.05) is 19.6 Å². The van der Waals surface area contributed by atoms with E-state index in [1.54, 1.807) is 19.3 Å². The third-order valence-electron chi connectivity index (χ3n) is 4.02. The average Bonchev–Trinajstić information content (AvgIpc) is 3.20. The second-order valence-corrected chi connectivity index (χ2v) is 5.66. The minimum absolute atomic E-state index is 0.0623. The highest BCUT2D eigenvalue weighted by molar-refractivity contribution is 5.92. The molecule has 0 radical (unpaired) electrons. The third-order valence-corrected chi connectivity index (χ3v) is 4.02. The van der Waals surface area contributed by atoms with Crippen molar-refractivity contribution in [3.63, 3.8) is 0 Å². The number of aromatic nitrogens is 1. The van der Waals surface area contributed by atoms with E-state index < -0.39 is 0 Å². The van der Waals surface area contributed by atoms with Crippen LogP contribution in [-0.4, -0.2) is 35.6 Å². The Kier molecular flexibility index (Phi) is 4.58. The molecule has 1 atom stereocenters. The van der Waals surface area contributed by atoms with Crippen LogP contribution in [0.5, 0.6) is 0 Å². The first kappa shape index (κ1) is 14.8. The molecule has 3 rings (SSSR count). The Bertz CT molecular complexity index is 600. The van der Waals surface area contributed by atoms with E-state index in [4.69, 9.17) is 8.94 Å². The lowest BCUT2D eigenvalue weighted by Crippen LogP contribution is -2.40. The van der Waals surface area contributed by atoms with Gasteiger partial charge in [-0.25, -0.2) is 0 Å². The van der Waals surface area contributed by atoms with Crippen molar-refractivity contribution < 1.29 is 13.7 Å². The standard InChI is InChI=1S/C16H21N3O3/c1-12-10-13(18-22-12)16(20)17-11-14(15-6-5-9-21-15)19-7-3-2-4-8-19/h5-6,9-10,14H,2-4,7-8,11H2,1H3,(H,17,20)/t14-/m1/s1. The normalized spacial score (nSPS) is 17.3. The Labute approximate surface area is 129 Å². The second kappa shape index (κ2) is 6.79. The molecule has 2 aromatic heterocycles. The number of carbonyl (C=O) groups is 1. The molecule has 1 saturated heterocycles. The third kappa shape index (κ3) is 3.39. The van der Waals surface area contributed by atoms with Crippen LogP contribution in [0.15, 0.2) is 33.4 Å². The molecule has 0 aliphatic carbocycles. The first-order valence-corrected chi connectivity index (χ1v) is 7.73. The van der Waals surface area contributed by atoms with Crippen molar-refractivity contribution in [1.29, 1.82) is 0 Å². The van der Waals surface area contributed by atoms with Gasteiger partial charge in [0.2, 0.25) is 0 Å². The summed E-state index contributed by atoms with van der Waals surface area (Å²) < 4.78 is 10.5. The number of furan rings is 1. The van der Waals surface area contributed by atoms with E-state index in [0.29, 0.717) is 18.0 Å². The van der Waals surface area contributed by atoms with Gasteiger partial charge in [-0.3, -0.25) is 9.69 Å². The highest BCUT2D eigenvalue weighted by Crippen LogP contribution is 2.24. The molecule has 1 N–H and O–H groups in total. The molecule has 22 heavy (non-hydrogen) atoms. The van der Waals surface area contributed by atoms with Crippen molar-refractivity contribution in [3.8, 4) is 0 Å². The maximum absolute atomic E-state index is 12.1. The summed E-state index contributed by atoms with van der Waals surface area (Å²) in [5.41, 5.74) is 0.314. The lowest BCUT2D eigenvalue weighted by Gasteiger charge is -2.33. The number of hydrogen-bond acceptors (Lipinski definition) is 5. The SMILES string of the molecule is Cc1cc(C(=O)NC[C@H](c2ccco2)N2CCCCC2)no1. The summed E-state index contributed by atoms with van der Waals surface area (Å²) in [5.74, 6) is 1.30. The fourth-order valence-corrected chi connectivity index (χ4v) is 2.87. The monoisotopic (exact) mass is 303 g/mol. The summed E-state index contributed by atoms with van der Waals surface area (Å²) >= 11 is 0. The van der Waals surface area contributed by atoms with Crippen LogP contribution in [0.1, 0.15) is 47.3 Å². The molecular formula is C16H21N3O3. The van der Waals surface area contributed by atoms with E-state index >= 15 is 0 Å². The first-order valence-electron chi connectivity index (χ1n) is 7.73. The summed E-state index contributed by atoms with van der Waals surface area (Å²) in [7, 11) is 0. The van der Waals surface area contributed by atoms with Gasteiger partial charge in [-0.1, -0.05) is 11.6 Å². The number of likely N-dealkylation sites (tertiary alicyclic amines) is 1. The molecule has 6 heteroatoms. The zero-order valence-corrected chi connectivity index (χ0v) is 12.7. The van der Waals surface area contributed by atoms with E-state index in [0.717, 1.165) is 18.8 Å². The smallest absolute Gasteiger partial charge is 0.273 e. The number of aryl methyl sites for hydroxylation is 1. The van der Waals surface area contributed by atoms with Gasteiger partial charge in [-0.15, -0.1) is 0 Å². The van der Waals surface area contributed by atoms with Crippen LogP contribution in [0.25, 0.3) is 0 Å². The molecule has 3 heterocycles. The number of rotatable bonds is 5. The van der Waals surface area contributed by atoms with Crippen LogP contribution >= 0.6 is 0 Å². The lowest BCUT2D eigenvalue weighted by molar-refractivity contribution is 0.0905. The summed E-state index contributed by atoms with van der Waals surface area (Å²) in [4.78, 5) is 14.5. The minimum atomic E-state index is -0.217. The Morgan fingerprint density at radius 1 is 1.41 bits per heavy atom. The molecule has 0 saturated carbocycles. The molecule has 1 fully saturated rings. The zero-order valence-electron chi connectivity index (χ0n) is 12.7. The highest BCUT2D eigenvalue weighted by atomic mass is 16.5. The van der Waals surface area contributed by atoms with Gasteiger partial charge in [0.15, 0.2) is 5.69 Å². The molecule has 1 aliphatic heterocycles. The number of amides is 1. The fraction of sp³-hybridized carbons (Fsp3) is 0.500. The van der Waals surface area contributed by atoms with Gasteiger partial charge in [0.25, 0.3) is 5.91 Å². The number of piperidine rings is 1. The van der Waals surface area contributed by atoms with Crippen LogP contribution in [-0.2, 0) is 0 Å². The molecule has 1 aliphatic rings. The minimum Gasteiger partial charge on any atom is -0.468 e. The van der Waals surface area contributed by atoms with E-state index in [1.165, 1.54) is 19.3 Å². The van der Waals surface area contributed by atoms with Crippen molar-refractivity contribution in [2.24, 2.45) is 0 Å². The highest BCUT2D eigenvalue weighted by Gasteiger charge is 2.25. The fourth-order valence-electron chi connectivity index (χ4n) is 2.87. The first-order chi connectivity index (χ1) is 10.7. The van der Waals surface area contributed by atoms with Gasteiger partial charge in [0.1, 0.15) is 11.5 Å². The van der Waals surface area contributed by atoms with E-state index in [1.807, 2.05) is 12.1 Å². The predicted molar refractivity (Wildman–Crippen MR) is 80.4 cm³/mol. The van der Waals surface area contributed by atoms with Crippen molar-refractivity contribution in [2.45, 2.75) is 32.2 Å². The zero-order chi connectivity index (χ0) is 15.4. The van der Waals surface area contributed by atoms with Gasteiger partial charge in [0, 0.05) is 12.6 Å². The largest absolute Gasteiger partial charge is 0.468 e. The van der Waals surface area contributed by atoms with Gasteiger partial charge >= 0.3 is 0 Å². The molecule has 118 valence electrons. The van der Waals surface area contributed by atoms with Crippen LogP contribution in [0.2, 0.25) is 0 Å². The molecule has 0 unspecified atom stereocenters. The predicted octanol–water partition coefficient (Wildman–Crippen LogP) is 2.53. The molecule has 1 amide bonds. The Balaban J connectivity index is 1.66.